The number of allylic oxidation sites excluding steroid dienone is 1. The smallest absolute Gasteiger partial charge is 0.0863 e. The highest BCUT2D eigenvalue weighted by atomic mass is 35.5. The van der Waals surface area contributed by atoms with Crippen LogP contribution in [0.2, 0.25) is 0 Å². The molecule has 0 aromatic rings. The van der Waals surface area contributed by atoms with Crippen LogP contribution in [0.1, 0.15) is 32.1 Å². The summed E-state index contributed by atoms with van der Waals surface area (Å²) in [7, 11) is 0. The molecule has 2 heteroatoms. The van der Waals surface area contributed by atoms with Gasteiger partial charge < -0.3 is 4.74 Å². The molecule has 1 aliphatic heterocycles. The van der Waals surface area contributed by atoms with E-state index in [1.165, 1.54) is 19.3 Å². The third-order valence-electron chi connectivity index (χ3n) is 2.82. The minimum Gasteiger partial charge on any atom is -0.371 e. The third kappa shape index (κ3) is 1.67. The first-order chi connectivity index (χ1) is 5.81. The molecule has 1 heterocycles. The first-order valence-electron chi connectivity index (χ1n) is 4.78. The van der Waals surface area contributed by atoms with E-state index >= 15 is 0 Å². The number of rotatable bonds is 0. The average molecular weight is 187 g/mol. The van der Waals surface area contributed by atoms with Crippen molar-refractivity contribution in [3.05, 3.63) is 12.2 Å². The molecule has 0 amide bonds. The van der Waals surface area contributed by atoms with Crippen LogP contribution in [0.5, 0.6) is 0 Å². The molecule has 1 fully saturated rings. The fourth-order valence-corrected chi connectivity index (χ4v) is 2.33. The number of hydrogen-bond acceptors (Lipinski definition) is 1. The normalized spacial score (nSPS) is 41.9. The Morgan fingerprint density at radius 2 is 2.17 bits per heavy atom. The maximum atomic E-state index is 6.04. The van der Waals surface area contributed by atoms with Crippen molar-refractivity contribution in [3.8, 4) is 0 Å². The topological polar surface area (TPSA) is 9.23 Å². The maximum Gasteiger partial charge on any atom is 0.0863 e. The Morgan fingerprint density at radius 3 is 2.92 bits per heavy atom. The van der Waals surface area contributed by atoms with Crippen molar-refractivity contribution in [2.24, 2.45) is 0 Å². The quantitative estimate of drug-likeness (QED) is 0.418. The van der Waals surface area contributed by atoms with E-state index in [0.717, 1.165) is 19.4 Å². The minimum absolute atomic E-state index is 0.0731. The molecule has 1 spiro atoms. The second-order valence-electron chi connectivity index (χ2n) is 3.78. The van der Waals surface area contributed by atoms with Gasteiger partial charge in [-0.25, -0.2) is 0 Å². The first-order valence-corrected chi connectivity index (χ1v) is 5.22. The van der Waals surface area contributed by atoms with Gasteiger partial charge in [-0.05, 0) is 32.1 Å². The van der Waals surface area contributed by atoms with Gasteiger partial charge in [0.2, 0.25) is 0 Å². The van der Waals surface area contributed by atoms with Crippen LogP contribution in [0, 0.1) is 0 Å². The first kappa shape index (κ1) is 8.58. The van der Waals surface area contributed by atoms with Crippen molar-refractivity contribution in [2.75, 3.05) is 6.61 Å². The Balaban J connectivity index is 2.09. The van der Waals surface area contributed by atoms with E-state index in [9.17, 15) is 0 Å². The van der Waals surface area contributed by atoms with E-state index in [4.69, 9.17) is 16.3 Å². The zero-order valence-electron chi connectivity index (χ0n) is 7.26. The van der Waals surface area contributed by atoms with Gasteiger partial charge in [0.1, 0.15) is 0 Å². The molecule has 2 unspecified atom stereocenters. The highest BCUT2D eigenvalue weighted by Crippen LogP contribution is 2.35. The van der Waals surface area contributed by atoms with Crippen LogP contribution in [0.25, 0.3) is 0 Å². The molecular weight excluding hydrogens is 172 g/mol. The largest absolute Gasteiger partial charge is 0.371 e. The van der Waals surface area contributed by atoms with Crippen molar-refractivity contribution in [1.29, 1.82) is 0 Å². The monoisotopic (exact) mass is 186 g/mol. The van der Waals surface area contributed by atoms with E-state index in [-0.39, 0.29) is 11.0 Å². The number of ether oxygens (including phenoxy) is 1. The van der Waals surface area contributed by atoms with Crippen LogP contribution < -0.4 is 0 Å². The lowest BCUT2D eigenvalue weighted by atomic mass is 9.95. The Morgan fingerprint density at radius 1 is 1.33 bits per heavy atom. The van der Waals surface area contributed by atoms with Gasteiger partial charge in [-0.15, -0.1) is 11.6 Å². The Bertz CT molecular complexity index is 182. The Labute approximate surface area is 78.7 Å². The minimum atomic E-state index is 0.0731. The lowest BCUT2D eigenvalue weighted by Crippen LogP contribution is -2.23. The second kappa shape index (κ2) is 3.39. The van der Waals surface area contributed by atoms with Gasteiger partial charge in [0.05, 0.1) is 11.0 Å². The summed E-state index contributed by atoms with van der Waals surface area (Å²) in [6.07, 6.45) is 10.2. The van der Waals surface area contributed by atoms with E-state index < -0.39 is 0 Å². The molecule has 0 N–H and O–H groups in total. The van der Waals surface area contributed by atoms with Gasteiger partial charge in [0, 0.05) is 6.61 Å². The second-order valence-corrected chi connectivity index (χ2v) is 4.34. The van der Waals surface area contributed by atoms with Crippen LogP contribution in [-0.4, -0.2) is 17.6 Å². The van der Waals surface area contributed by atoms with Crippen LogP contribution in [0.4, 0.5) is 0 Å². The lowest BCUT2D eigenvalue weighted by Gasteiger charge is -2.22. The number of halogens is 1. The van der Waals surface area contributed by atoms with Crippen molar-refractivity contribution in [1.82, 2.24) is 0 Å². The van der Waals surface area contributed by atoms with Crippen molar-refractivity contribution < 1.29 is 4.74 Å². The fraction of sp³-hybridized carbons (Fsp3) is 0.800. The molecular formula is C10H15ClO. The molecule has 68 valence electrons. The summed E-state index contributed by atoms with van der Waals surface area (Å²) in [4.78, 5) is 0. The maximum absolute atomic E-state index is 6.04. The van der Waals surface area contributed by atoms with E-state index in [0.29, 0.717) is 0 Å². The van der Waals surface area contributed by atoms with E-state index in [1.54, 1.807) is 0 Å². The number of hydrogen-bond donors (Lipinski definition) is 0. The van der Waals surface area contributed by atoms with Gasteiger partial charge in [0.25, 0.3) is 0 Å². The van der Waals surface area contributed by atoms with Gasteiger partial charge in [0.15, 0.2) is 0 Å². The summed E-state index contributed by atoms with van der Waals surface area (Å²) < 4.78 is 5.76. The summed E-state index contributed by atoms with van der Waals surface area (Å²) in [5, 5.41) is 0.230. The fourth-order valence-electron chi connectivity index (χ4n) is 2.10. The summed E-state index contributed by atoms with van der Waals surface area (Å²) in [5.41, 5.74) is 0.0731. The van der Waals surface area contributed by atoms with Crippen LogP contribution in [-0.2, 0) is 4.74 Å². The third-order valence-corrected chi connectivity index (χ3v) is 3.19. The molecule has 0 aromatic heterocycles. The molecule has 0 radical (unpaired) electrons. The number of alkyl halides is 1. The Kier molecular flexibility index (Phi) is 2.42. The zero-order valence-corrected chi connectivity index (χ0v) is 8.02. The zero-order chi connectivity index (χ0) is 8.44. The lowest BCUT2D eigenvalue weighted by molar-refractivity contribution is 0.0378. The summed E-state index contributed by atoms with van der Waals surface area (Å²) in [5.74, 6) is 0. The van der Waals surface area contributed by atoms with Crippen molar-refractivity contribution in [2.45, 2.75) is 43.1 Å². The summed E-state index contributed by atoms with van der Waals surface area (Å²) >= 11 is 6.04. The molecule has 0 aromatic carbocycles. The van der Waals surface area contributed by atoms with E-state index in [2.05, 4.69) is 12.2 Å². The molecule has 12 heavy (non-hydrogen) atoms. The average Bonchev–Trinajstić information content (AvgIpc) is 2.42. The predicted molar refractivity (Wildman–Crippen MR) is 50.5 cm³/mol. The molecule has 2 atom stereocenters. The molecule has 1 saturated heterocycles. The summed E-state index contributed by atoms with van der Waals surface area (Å²) in [6.45, 7) is 0.928. The van der Waals surface area contributed by atoms with Gasteiger partial charge in [-0.3, -0.25) is 0 Å². The summed E-state index contributed by atoms with van der Waals surface area (Å²) in [6, 6.07) is 0. The van der Waals surface area contributed by atoms with Gasteiger partial charge in [-0.2, -0.15) is 0 Å². The standard InChI is InChI=1S/C10H15ClO/c11-9-3-1-5-10(7-4-9)6-2-8-12-10/h4,7,9H,1-3,5-6,8H2. The van der Waals surface area contributed by atoms with E-state index in [1.807, 2.05) is 0 Å². The molecule has 2 aliphatic rings. The highest BCUT2D eigenvalue weighted by Gasteiger charge is 2.33. The molecule has 1 nitrogen and oxygen atoms in total. The molecule has 1 aliphatic carbocycles. The Hall–Kier alpha value is -0.0100. The van der Waals surface area contributed by atoms with Crippen molar-refractivity contribution >= 4 is 11.6 Å². The van der Waals surface area contributed by atoms with Gasteiger partial charge >= 0.3 is 0 Å². The predicted octanol–water partition coefficient (Wildman–Crippen LogP) is 2.88. The highest BCUT2D eigenvalue weighted by molar-refractivity contribution is 6.21. The molecule has 2 rings (SSSR count). The molecule has 0 bridgehead atoms. The SMILES string of the molecule is ClC1C=CC2(CCCO2)CCC1. The van der Waals surface area contributed by atoms with Gasteiger partial charge in [-0.1, -0.05) is 12.2 Å². The van der Waals surface area contributed by atoms with Crippen LogP contribution >= 0.6 is 11.6 Å². The molecule has 0 saturated carbocycles. The van der Waals surface area contributed by atoms with Crippen LogP contribution in [0.15, 0.2) is 12.2 Å². The van der Waals surface area contributed by atoms with Crippen LogP contribution in [0.3, 0.4) is 0 Å². The van der Waals surface area contributed by atoms with Crippen molar-refractivity contribution in [3.63, 3.8) is 0 Å².